The van der Waals surface area contributed by atoms with Crippen molar-refractivity contribution in [2.45, 2.75) is 6.43 Å². The number of nitro benzene ring substituents is 2. The molecule has 0 aliphatic rings. The molecule has 0 atom stereocenters. The van der Waals surface area contributed by atoms with Gasteiger partial charge in [0.15, 0.2) is 0 Å². The molecule has 0 heterocycles. The lowest BCUT2D eigenvalue weighted by Crippen LogP contribution is -2.13. The largest absolute Gasteiger partial charge is 0.377 e. The summed E-state index contributed by atoms with van der Waals surface area (Å²) in [5, 5.41) is 23.9. The van der Waals surface area contributed by atoms with Crippen molar-refractivity contribution in [3.05, 3.63) is 38.4 Å². The lowest BCUT2D eigenvalue weighted by molar-refractivity contribution is -0.393. The van der Waals surface area contributed by atoms with Gasteiger partial charge in [-0.2, -0.15) is 0 Å². The molecule has 1 aromatic rings. The molecule has 0 unspecified atom stereocenters. The molecule has 1 rings (SSSR count). The first-order chi connectivity index (χ1) is 9.41. The van der Waals surface area contributed by atoms with Crippen molar-refractivity contribution in [3.8, 4) is 0 Å². The van der Waals surface area contributed by atoms with E-state index in [-0.39, 0.29) is 18.8 Å². The van der Waals surface area contributed by atoms with Gasteiger partial charge in [-0.05, 0) is 6.07 Å². The molecule has 110 valence electrons. The second kappa shape index (κ2) is 7.28. The Morgan fingerprint density at radius 1 is 1.25 bits per heavy atom. The van der Waals surface area contributed by atoms with E-state index in [1.54, 1.807) is 0 Å². The molecule has 1 aromatic carbocycles. The lowest BCUT2D eigenvalue weighted by atomic mass is 10.2. The van der Waals surface area contributed by atoms with Crippen LogP contribution in [-0.2, 0) is 4.74 Å². The summed E-state index contributed by atoms with van der Waals surface area (Å²) >= 11 is 0. The van der Waals surface area contributed by atoms with Crippen LogP contribution in [0.3, 0.4) is 0 Å². The number of hydrogen-bond acceptors (Lipinski definition) is 6. The van der Waals surface area contributed by atoms with Gasteiger partial charge in [-0.1, -0.05) is 0 Å². The molecule has 0 radical (unpaired) electrons. The molecule has 0 spiro atoms. The Morgan fingerprint density at radius 2 is 1.95 bits per heavy atom. The minimum Gasteiger partial charge on any atom is -0.377 e. The van der Waals surface area contributed by atoms with Crippen molar-refractivity contribution in [1.82, 2.24) is 0 Å². The summed E-state index contributed by atoms with van der Waals surface area (Å²) in [5.74, 6) is 0. The van der Waals surface area contributed by atoms with Crippen LogP contribution >= 0.6 is 0 Å². The van der Waals surface area contributed by atoms with E-state index in [1.165, 1.54) is 6.07 Å². The number of alkyl halides is 2. The zero-order valence-electron chi connectivity index (χ0n) is 10.1. The molecule has 0 aliphatic heterocycles. The second-order valence-electron chi connectivity index (χ2n) is 3.61. The minimum atomic E-state index is -2.58. The summed E-state index contributed by atoms with van der Waals surface area (Å²) in [6.07, 6.45) is -2.58. The Kier molecular flexibility index (Phi) is 5.72. The van der Waals surface area contributed by atoms with E-state index in [4.69, 9.17) is 0 Å². The van der Waals surface area contributed by atoms with Crippen LogP contribution in [0.15, 0.2) is 18.2 Å². The molecule has 0 aliphatic carbocycles. The highest BCUT2D eigenvalue weighted by Gasteiger charge is 2.18. The predicted molar refractivity (Wildman–Crippen MR) is 65.1 cm³/mol. The standard InChI is InChI=1S/C10H11F2N3O5/c11-10(12)6-20-4-3-13-8-2-1-7(14(16)17)5-9(8)15(18)19/h1-2,5,10,13H,3-4,6H2. The van der Waals surface area contributed by atoms with Gasteiger partial charge in [0.05, 0.1) is 22.5 Å². The van der Waals surface area contributed by atoms with Crippen LogP contribution in [0.5, 0.6) is 0 Å². The summed E-state index contributed by atoms with van der Waals surface area (Å²) in [6.45, 7) is -0.728. The average Bonchev–Trinajstić information content (AvgIpc) is 2.37. The quantitative estimate of drug-likeness (QED) is 0.447. The zero-order valence-corrected chi connectivity index (χ0v) is 10.1. The van der Waals surface area contributed by atoms with E-state index in [0.29, 0.717) is 0 Å². The highest BCUT2D eigenvalue weighted by atomic mass is 19.3. The van der Waals surface area contributed by atoms with E-state index >= 15 is 0 Å². The van der Waals surface area contributed by atoms with Crippen molar-refractivity contribution < 1.29 is 23.4 Å². The highest BCUT2D eigenvalue weighted by Crippen LogP contribution is 2.28. The summed E-state index contributed by atoms with van der Waals surface area (Å²) in [6, 6.07) is 3.11. The lowest BCUT2D eigenvalue weighted by Gasteiger charge is -2.07. The predicted octanol–water partition coefficient (Wildman–Crippen LogP) is 2.20. The van der Waals surface area contributed by atoms with Gasteiger partial charge in [0.2, 0.25) is 0 Å². The van der Waals surface area contributed by atoms with Gasteiger partial charge in [0, 0.05) is 12.6 Å². The molecule has 0 amide bonds. The first-order valence-electron chi connectivity index (χ1n) is 5.44. The number of rotatable bonds is 8. The fraction of sp³-hybridized carbons (Fsp3) is 0.400. The van der Waals surface area contributed by atoms with Crippen LogP contribution in [0, 0.1) is 20.2 Å². The zero-order chi connectivity index (χ0) is 15.1. The first-order valence-corrected chi connectivity index (χ1v) is 5.44. The Morgan fingerprint density at radius 3 is 2.50 bits per heavy atom. The van der Waals surface area contributed by atoms with E-state index in [9.17, 15) is 29.0 Å². The van der Waals surface area contributed by atoms with Gasteiger partial charge in [0.1, 0.15) is 12.3 Å². The van der Waals surface area contributed by atoms with Crippen LogP contribution in [0.25, 0.3) is 0 Å². The normalized spacial score (nSPS) is 10.6. The van der Waals surface area contributed by atoms with Gasteiger partial charge in [-0.15, -0.1) is 0 Å². The third kappa shape index (κ3) is 4.72. The second-order valence-corrected chi connectivity index (χ2v) is 3.61. The van der Waals surface area contributed by atoms with Crippen molar-refractivity contribution in [1.29, 1.82) is 0 Å². The van der Waals surface area contributed by atoms with Crippen molar-refractivity contribution in [3.63, 3.8) is 0 Å². The number of anilines is 1. The number of hydrogen-bond donors (Lipinski definition) is 1. The van der Waals surface area contributed by atoms with Crippen LogP contribution in [0.1, 0.15) is 0 Å². The van der Waals surface area contributed by atoms with Crippen LogP contribution in [0.4, 0.5) is 25.8 Å². The third-order valence-electron chi connectivity index (χ3n) is 2.19. The Hall–Kier alpha value is -2.36. The van der Waals surface area contributed by atoms with E-state index in [1.807, 2.05) is 0 Å². The summed E-state index contributed by atoms with van der Waals surface area (Å²) < 4.78 is 28.1. The maximum Gasteiger partial charge on any atom is 0.299 e. The molecular weight excluding hydrogens is 280 g/mol. The van der Waals surface area contributed by atoms with E-state index < -0.39 is 34.3 Å². The minimum absolute atomic E-state index is 0.0567. The molecule has 0 fully saturated rings. The topological polar surface area (TPSA) is 108 Å². The fourth-order valence-electron chi connectivity index (χ4n) is 1.36. The smallest absolute Gasteiger partial charge is 0.299 e. The van der Waals surface area contributed by atoms with Crippen molar-refractivity contribution in [2.75, 3.05) is 25.1 Å². The number of nitrogens with one attached hydrogen (secondary N) is 1. The summed E-state index contributed by atoms with van der Waals surface area (Å²) in [4.78, 5) is 19.8. The van der Waals surface area contributed by atoms with Gasteiger partial charge >= 0.3 is 0 Å². The molecule has 0 bridgehead atoms. The molecule has 0 aromatic heterocycles. The molecular formula is C10H11F2N3O5. The Labute approximate surface area is 111 Å². The van der Waals surface area contributed by atoms with Gasteiger partial charge in [-0.3, -0.25) is 20.2 Å². The van der Waals surface area contributed by atoms with Crippen LogP contribution in [0.2, 0.25) is 0 Å². The SMILES string of the molecule is O=[N+]([O-])c1ccc(NCCOCC(F)F)c([N+](=O)[O-])c1. The van der Waals surface area contributed by atoms with Gasteiger partial charge in [0.25, 0.3) is 17.8 Å². The number of benzene rings is 1. The number of nitrogens with zero attached hydrogens (tertiary/aromatic N) is 2. The monoisotopic (exact) mass is 291 g/mol. The van der Waals surface area contributed by atoms with E-state index in [2.05, 4.69) is 10.1 Å². The maximum absolute atomic E-state index is 11.8. The average molecular weight is 291 g/mol. The van der Waals surface area contributed by atoms with E-state index in [0.717, 1.165) is 12.1 Å². The summed E-state index contributed by atoms with van der Waals surface area (Å²) in [7, 11) is 0. The highest BCUT2D eigenvalue weighted by molar-refractivity contribution is 5.65. The molecule has 1 N–H and O–H groups in total. The third-order valence-corrected chi connectivity index (χ3v) is 2.19. The van der Waals surface area contributed by atoms with Crippen LogP contribution < -0.4 is 5.32 Å². The van der Waals surface area contributed by atoms with Crippen LogP contribution in [-0.4, -0.2) is 36.0 Å². The van der Waals surface area contributed by atoms with Crippen molar-refractivity contribution in [2.24, 2.45) is 0 Å². The summed E-state index contributed by atoms with van der Waals surface area (Å²) in [5.41, 5.74) is -0.814. The molecule has 0 saturated carbocycles. The molecule has 8 nitrogen and oxygen atoms in total. The number of halogens is 2. The van der Waals surface area contributed by atoms with Gasteiger partial charge in [-0.25, -0.2) is 8.78 Å². The number of nitro groups is 2. The molecule has 20 heavy (non-hydrogen) atoms. The maximum atomic E-state index is 11.8. The first kappa shape index (κ1) is 15.7. The fourth-order valence-corrected chi connectivity index (χ4v) is 1.36. The molecule has 10 heteroatoms. The number of ether oxygens (including phenoxy) is 1. The van der Waals surface area contributed by atoms with Gasteiger partial charge < -0.3 is 10.1 Å². The van der Waals surface area contributed by atoms with Crippen molar-refractivity contribution >= 4 is 17.1 Å². The Balaban J connectivity index is 2.65. The number of non-ortho nitro benzene ring substituents is 1. The Bertz CT molecular complexity index is 498. The molecule has 0 saturated heterocycles.